The second kappa shape index (κ2) is 118. The fraction of sp³-hybridized carbons (Fsp3) is 0.679. The molecule has 0 saturated heterocycles. The summed E-state index contributed by atoms with van der Waals surface area (Å²) in [5.74, 6) is -14.2. The molecule has 0 spiro atoms. The van der Waals surface area contributed by atoms with Crippen LogP contribution in [0.2, 0.25) is 0 Å². The number of allylic oxidation sites excluding steroid dienone is 20. The van der Waals surface area contributed by atoms with Crippen molar-refractivity contribution >= 4 is 172 Å². The van der Waals surface area contributed by atoms with E-state index in [9.17, 15) is 78.0 Å². The molecule has 24 nitrogen and oxygen atoms in total. The van der Waals surface area contributed by atoms with Gasteiger partial charge in [-0.2, -0.15) is 101 Å². The molecule has 12 N–H and O–H groups in total. The van der Waals surface area contributed by atoms with Crippen molar-refractivity contribution in [1.82, 2.24) is 21.3 Å². The van der Waals surface area contributed by atoms with Gasteiger partial charge in [-0.3, -0.25) is 38.4 Å². The third kappa shape index (κ3) is 109. The second-order valence-corrected chi connectivity index (χ2v) is 37.5. The molecule has 0 heterocycles. The minimum absolute atomic E-state index is 0. The van der Waals surface area contributed by atoms with Gasteiger partial charge in [0.1, 0.15) is 24.2 Å². The number of hydrogen-bond donors (Lipinski definition) is 12. The van der Waals surface area contributed by atoms with Crippen molar-refractivity contribution in [2.75, 3.05) is 46.0 Å². The minimum atomic E-state index is -1.12. The summed E-state index contributed by atoms with van der Waals surface area (Å²) >= 11 is 5.72. The van der Waals surface area contributed by atoms with Crippen molar-refractivity contribution in [3.8, 4) is 0 Å². The molecule has 864 valence electrons. The first kappa shape index (κ1) is 199. The van der Waals surface area contributed by atoms with Gasteiger partial charge < -0.3 is 62.1 Å². The van der Waals surface area contributed by atoms with Crippen LogP contribution in [0.25, 0.3) is 0 Å². The van der Waals surface area contributed by atoms with E-state index in [4.69, 9.17) is 20.4 Å². The third-order valence-corrected chi connectivity index (χ3v) is 24.4. The first-order valence-electron chi connectivity index (χ1n) is 42.9. The first-order chi connectivity index (χ1) is 57.8. The highest BCUT2D eigenvalue weighted by atomic mass is 32.2. The molecule has 0 fully saturated rings. The van der Waals surface area contributed by atoms with E-state index in [1.807, 2.05) is 0 Å². The van der Waals surface area contributed by atoms with E-state index >= 15 is 0 Å². The Balaban J connectivity index is -0.0000000579. The summed E-state index contributed by atoms with van der Waals surface area (Å²) in [7, 11) is 0. The van der Waals surface area contributed by atoms with Crippen LogP contribution in [0.1, 0.15) is 388 Å². The van der Waals surface area contributed by atoms with Crippen molar-refractivity contribution in [2.45, 2.75) is 412 Å². The third-order valence-electron chi connectivity index (χ3n) is 20.5. The molecule has 0 aliphatic carbocycles. The summed E-state index contributed by atoms with van der Waals surface area (Å²) in [5, 5.41) is 83.3. The highest BCUT2D eigenvalue weighted by Crippen LogP contribution is 2.22. The molecule has 0 radical (unpaired) electrons. The number of carbonyl (C=O) groups is 12. The van der Waals surface area contributed by atoms with Gasteiger partial charge in [0.15, 0.2) is 0 Å². The van der Waals surface area contributed by atoms with E-state index in [0.717, 1.165) is 103 Å². The average molecular weight is 2210 g/mol. The molecule has 0 aliphatic rings. The number of carboxylic acids is 8. The molecule has 144 heavy (non-hydrogen) atoms. The van der Waals surface area contributed by atoms with Gasteiger partial charge in [0, 0.05) is 69.7 Å². The summed E-state index contributed by atoms with van der Waals surface area (Å²) < 4.78 is 0. The smallest absolute Gasteiger partial charge is 0.327 e. The summed E-state index contributed by atoms with van der Waals surface area (Å²) in [4.78, 5) is 138. The maximum absolute atomic E-state index is 12.1. The highest BCUT2D eigenvalue weighted by Gasteiger charge is 2.33. The normalized spacial score (nSPS) is 12.9. The molecule has 0 bridgehead atoms. The molecule has 4 amide bonds. The van der Waals surface area contributed by atoms with Crippen LogP contribution < -0.4 is 21.3 Å². The maximum atomic E-state index is 12.1. The molecule has 12 atom stereocenters. The number of nitrogens with one attached hydrogen (secondary N) is 4. The Morgan fingerprint density at radius 1 is 0.194 bits per heavy atom. The highest BCUT2D eigenvalue weighted by molar-refractivity contribution is 8.00. The van der Waals surface area contributed by atoms with Gasteiger partial charge in [0.2, 0.25) is 23.6 Å². The van der Waals surface area contributed by atoms with E-state index in [-0.39, 0.29) is 196 Å². The SMILES string of the molecule is C.C.C.C.C.C.C.C.C.C.C.C.C.C.C.C.CC(C)=CCC/C(C)=C/CC/C(C)=C/CSC[C@H](NC(=O)[C@@H](C)[C@@H](C)C(=O)O)C(=O)O.CC(C)=CCC/C(C)=C/CC/C(C)=C/CSC[C@H](NC(=O)[C@@H](C)[C@H](C)C(=O)O)C(=O)O.CC(C)=CCC/C(C)=C/CC/C(C)=C/CSC[C@H](NC(=O)[C@H](C)[C@@H](C)C(=O)O)C(=O)O.CC(C)=CCC/C(C)=C/CC/C(C)=C/CSC[C@H](NC(=O)[C@H](C)[C@H](C)C(=O)O)C(=O)O.S.S.S.S. The second-order valence-electron chi connectivity index (χ2n) is 33.2. The number of carbonyl (C=O) groups excluding carboxylic acids is 4. The van der Waals surface area contributed by atoms with Crippen LogP contribution in [0.5, 0.6) is 0 Å². The number of thioether (sulfide) groups is 4. The number of aliphatic carboxylic acids is 8. The Kier molecular flexibility index (Phi) is 163. The van der Waals surface area contributed by atoms with Crippen molar-refractivity contribution in [1.29, 1.82) is 0 Å². The van der Waals surface area contributed by atoms with Crippen molar-refractivity contribution < 1.29 is 98.4 Å². The lowest BCUT2D eigenvalue weighted by molar-refractivity contribution is -0.147. The fourth-order valence-electron chi connectivity index (χ4n) is 10.6. The Morgan fingerprint density at radius 3 is 0.424 bits per heavy atom. The summed E-state index contributed by atoms with van der Waals surface area (Å²) in [6.45, 7) is 45.5. The van der Waals surface area contributed by atoms with Crippen LogP contribution in [0.15, 0.2) is 140 Å². The number of amides is 4. The van der Waals surface area contributed by atoms with Crippen LogP contribution in [-0.4, -0.2) is 182 Å². The van der Waals surface area contributed by atoms with E-state index in [1.54, 1.807) is 0 Å². The van der Waals surface area contributed by atoms with Gasteiger partial charge in [0.25, 0.3) is 0 Å². The van der Waals surface area contributed by atoms with Crippen LogP contribution in [-0.2, 0) is 57.5 Å². The molecular formula is C112H228N4O20S8. The molecule has 0 aromatic carbocycles. The molecule has 0 unspecified atom stereocenters. The minimum Gasteiger partial charge on any atom is -0.481 e. The molecule has 0 saturated carbocycles. The maximum Gasteiger partial charge on any atom is 0.327 e. The Bertz CT molecular complexity index is 3260. The molecular weight excluding hydrogens is 1980 g/mol. The van der Waals surface area contributed by atoms with Crippen LogP contribution >= 0.6 is 101 Å². The van der Waals surface area contributed by atoms with E-state index < -0.39 is 143 Å². The Morgan fingerprint density at radius 2 is 0.312 bits per heavy atom. The molecule has 0 aromatic rings. The lowest BCUT2D eigenvalue weighted by atomic mass is 9.95. The number of hydrogen-bond acceptors (Lipinski definition) is 16. The zero-order valence-electron chi connectivity index (χ0n) is 80.9. The van der Waals surface area contributed by atoms with E-state index in [2.05, 4.69) is 205 Å². The Hall–Kier alpha value is -6.68. The Labute approximate surface area is 930 Å². The largest absolute Gasteiger partial charge is 0.481 e. The predicted octanol–water partition coefficient (Wildman–Crippen LogP) is 30.9. The van der Waals surface area contributed by atoms with Crippen LogP contribution in [0, 0.1) is 47.3 Å². The molecule has 0 aromatic heterocycles. The zero-order chi connectivity index (χ0) is 95.9. The fourth-order valence-corrected chi connectivity index (χ4v) is 14.6. The number of rotatable bonds is 60. The van der Waals surface area contributed by atoms with Crippen molar-refractivity contribution in [3.05, 3.63) is 140 Å². The van der Waals surface area contributed by atoms with Gasteiger partial charge in [-0.1, -0.05) is 314 Å². The monoisotopic (exact) mass is 2210 g/mol. The molecule has 0 rings (SSSR count). The summed E-state index contributed by atoms with van der Waals surface area (Å²) in [6.07, 6.45) is 42.9. The van der Waals surface area contributed by atoms with Gasteiger partial charge >= 0.3 is 47.8 Å². The summed E-state index contributed by atoms with van der Waals surface area (Å²) in [5.41, 5.74) is 16.0. The molecule has 32 heteroatoms. The quantitative estimate of drug-likeness (QED) is 0.0199. The lowest BCUT2D eigenvalue weighted by Crippen LogP contribution is -2.46. The van der Waals surface area contributed by atoms with Crippen LogP contribution in [0.3, 0.4) is 0 Å². The standard InChI is InChI=1S/4C24H39NO5S.16CH4.4H2S/c4*1-16(2)9-7-10-17(3)11-8-12-18(4)13-14-31-15-21(24(29)30)25-22(26)19(5)20(6)23(27)28;;;;;;;;;;;;;;;;;;;;/h4*9,11,13,19-21H,7-8,10,12,14-15H2,1-6H3,(H,25,26)(H,27,28)(H,29,30);16*1H4;4*1H2/b4*17-11+,18-13+;;;;;;;;;;;;;;;;;;;;/t19-,20+,21+;19-,20+,21-;19-,20-,21+;19-,20-,21-;;;;;;;;;;;;;;;;;;;;/m1010..................../s1. The first-order valence-corrected chi connectivity index (χ1v) is 47.6. The average Bonchev–Trinajstić information content (AvgIpc) is 0.897. The van der Waals surface area contributed by atoms with E-state index in [1.165, 1.54) is 169 Å². The van der Waals surface area contributed by atoms with Crippen molar-refractivity contribution in [2.24, 2.45) is 47.3 Å². The van der Waals surface area contributed by atoms with Crippen LogP contribution in [0.4, 0.5) is 0 Å². The van der Waals surface area contributed by atoms with Gasteiger partial charge in [0.05, 0.1) is 23.7 Å². The number of carboxylic acid groups (broad SMARTS) is 8. The van der Waals surface area contributed by atoms with Gasteiger partial charge in [-0.25, -0.2) is 19.2 Å². The molecule has 0 aliphatic heterocycles. The van der Waals surface area contributed by atoms with E-state index in [0.29, 0.717) is 23.0 Å². The van der Waals surface area contributed by atoms with Gasteiger partial charge in [-0.15, -0.1) is 0 Å². The topological polar surface area (TPSA) is 415 Å². The predicted molar refractivity (Wildman–Crippen MR) is 662 cm³/mol. The lowest BCUT2D eigenvalue weighted by Gasteiger charge is -2.19. The zero-order valence-corrected chi connectivity index (χ0v) is 88.2. The van der Waals surface area contributed by atoms with Crippen molar-refractivity contribution in [3.63, 3.8) is 0 Å². The van der Waals surface area contributed by atoms with Gasteiger partial charge in [-0.05, 0) is 214 Å². The summed E-state index contributed by atoms with van der Waals surface area (Å²) in [6, 6.07) is -4.16.